The molecule has 0 unspecified atom stereocenters. The molecule has 1 heterocycles. The van der Waals surface area contributed by atoms with E-state index in [0.717, 1.165) is 0 Å². The van der Waals surface area contributed by atoms with Gasteiger partial charge in [0.15, 0.2) is 0 Å². The number of nitrogens with zero attached hydrogens (tertiary/aromatic N) is 1. The average molecular weight is 325 g/mol. The predicted molar refractivity (Wildman–Crippen MR) is 73.7 cm³/mol. The number of aromatic nitrogens is 1. The van der Waals surface area contributed by atoms with Gasteiger partial charge in [-0.3, -0.25) is 9.59 Å². The van der Waals surface area contributed by atoms with E-state index in [9.17, 15) is 14.0 Å². The molecule has 0 atom stereocenters. The van der Waals surface area contributed by atoms with E-state index in [0.29, 0.717) is 10.2 Å². The quantitative estimate of drug-likeness (QED) is 0.922. The van der Waals surface area contributed by atoms with Gasteiger partial charge < -0.3 is 9.88 Å². The van der Waals surface area contributed by atoms with Crippen molar-refractivity contribution < 1.29 is 9.18 Å². The molecule has 2 rings (SSSR count). The number of hydrogen-bond acceptors (Lipinski definition) is 2. The van der Waals surface area contributed by atoms with Crippen molar-refractivity contribution in [3.05, 3.63) is 62.7 Å². The number of anilines is 1. The largest absolute Gasteiger partial charge is 0.321 e. The fourth-order valence-electron chi connectivity index (χ4n) is 1.54. The summed E-state index contributed by atoms with van der Waals surface area (Å²) in [5, 5.41) is 2.53. The van der Waals surface area contributed by atoms with Crippen molar-refractivity contribution >= 4 is 27.5 Å². The number of benzene rings is 1. The van der Waals surface area contributed by atoms with Crippen molar-refractivity contribution in [2.75, 3.05) is 5.32 Å². The average Bonchev–Trinajstić information content (AvgIpc) is 2.36. The molecule has 0 saturated carbocycles. The maximum Gasteiger partial charge on any atom is 0.258 e. The van der Waals surface area contributed by atoms with E-state index in [2.05, 4.69) is 21.2 Å². The number of carbonyl (C=O) groups excluding carboxylic acids is 1. The van der Waals surface area contributed by atoms with Gasteiger partial charge in [0.05, 0.1) is 11.3 Å². The van der Waals surface area contributed by atoms with Crippen LogP contribution in [0.1, 0.15) is 10.4 Å². The zero-order valence-electron chi connectivity index (χ0n) is 9.98. The van der Waals surface area contributed by atoms with Crippen LogP contribution in [0.4, 0.5) is 10.1 Å². The molecule has 0 bridgehead atoms. The van der Waals surface area contributed by atoms with Crippen molar-refractivity contribution in [2.24, 2.45) is 7.05 Å². The molecular weight excluding hydrogens is 315 g/mol. The fraction of sp³-hybridized carbons (Fsp3) is 0.0769. The summed E-state index contributed by atoms with van der Waals surface area (Å²) in [5.41, 5.74) is 0.168. The minimum Gasteiger partial charge on any atom is -0.321 e. The number of nitrogens with one attached hydrogen (secondary N) is 1. The van der Waals surface area contributed by atoms with Crippen molar-refractivity contribution in [3.63, 3.8) is 0 Å². The van der Waals surface area contributed by atoms with Gasteiger partial charge >= 0.3 is 0 Å². The van der Waals surface area contributed by atoms with Gasteiger partial charge in [-0.1, -0.05) is 15.9 Å². The highest BCUT2D eigenvalue weighted by molar-refractivity contribution is 9.10. The number of amides is 1. The molecule has 4 nitrogen and oxygen atoms in total. The van der Waals surface area contributed by atoms with Gasteiger partial charge in [0.2, 0.25) is 5.56 Å². The number of carbonyl (C=O) groups is 1. The Hall–Kier alpha value is -1.95. The number of rotatable bonds is 2. The topological polar surface area (TPSA) is 51.1 Å². The number of halogens is 2. The lowest BCUT2D eigenvalue weighted by molar-refractivity contribution is 0.102. The summed E-state index contributed by atoms with van der Waals surface area (Å²) >= 11 is 3.18. The maximum atomic E-state index is 13.5. The Morgan fingerprint density at radius 1 is 1.32 bits per heavy atom. The van der Waals surface area contributed by atoms with Crippen molar-refractivity contribution in [3.8, 4) is 0 Å². The second-order valence-electron chi connectivity index (χ2n) is 3.95. The SMILES string of the molecule is Cn1cc(NC(=O)c2cc(Br)ccc2F)ccc1=O. The lowest BCUT2D eigenvalue weighted by atomic mass is 10.2. The van der Waals surface area contributed by atoms with Crippen molar-refractivity contribution in [1.82, 2.24) is 4.57 Å². The Balaban J connectivity index is 2.28. The fourth-order valence-corrected chi connectivity index (χ4v) is 1.90. The molecule has 0 radical (unpaired) electrons. The summed E-state index contributed by atoms with van der Waals surface area (Å²) in [5.74, 6) is -1.18. The maximum absolute atomic E-state index is 13.5. The van der Waals surface area contributed by atoms with E-state index < -0.39 is 11.7 Å². The van der Waals surface area contributed by atoms with Gasteiger partial charge in [0, 0.05) is 23.8 Å². The molecule has 2 aromatic rings. The molecule has 0 spiro atoms. The first kappa shape index (κ1) is 13.5. The molecule has 1 amide bonds. The van der Waals surface area contributed by atoms with Crippen molar-refractivity contribution in [2.45, 2.75) is 0 Å². The summed E-state index contributed by atoms with van der Waals surface area (Å²) < 4.78 is 15.5. The molecule has 98 valence electrons. The highest BCUT2D eigenvalue weighted by Crippen LogP contribution is 2.17. The van der Waals surface area contributed by atoms with Crippen LogP contribution in [0.15, 0.2) is 45.8 Å². The monoisotopic (exact) mass is 324 g/mol. The van der Waals surface area contributed by atoms with Crippen LogP contribution in [0.3, 0.4) is 0 Å². The molecule has 0 fully saturated rings. The summed E-state index contributed by atoms with van der Waals surface area (Å²) in [7, 11) is 1.57. The van der Waals surface area contributed by atoms with Gasteiger partial charge in [-0.25, -0.2) is 4.39 Å². The van der Waals surface area contributed by atoms with Crippen LogP contribution >= 0.6 is 15.9 Å². The smallest absolute Gasteiger partial charge is 0.258 e. The van der Waals surface area contributed by atoms with Gasteiger partial charge in [0.1, 0.15) is 5.82 Å². The molecule has 0 aliphatic heterocycles. The summed E-state index contributed by atoms with van der Waals surface area (Å²) in [6.07, 6.45) is 1.47. The Morgan fingerprint density at radius 2 is 2.05 bits per heavy atom. The molecule has 0 aliphatic carbocycles. The molecular formula is C13H10BrFN2O2. The van der Waals surface area contributed by atoms with E-state index in [-0.39, 0.29) is 11.1 Å². The Morgan fingerprint density at radius 3 is 2.74 bits per heavy atom. The predicted octanol–water partition coefficient (Wildman–Crippen LogP) is 2.54. The summed E-state index contributed by atoms with van der Waals surface area (Å²) in [6.45, 7) is 0. The first-order valence-electron chi connectivity index (χ1n) is 5.40. The number of aryl methyl sites for hydroxylation is 1. The van der Waals surface area contributed by atoms with Crippen LogP contribution in [0, 0.1) is 5.82 Å². The highest BCUT2D eigenvalue weighted by Gasteiger charge is 2.12. The van der Waals surface area contributed by atoms with Gasteiger partial charge in [-0.05, 0) is 24.3 Å². The van der Waals surface area contributed by atoms with Crippen LogP contribution in [0.5, 0.6) is 0 Å². The van der Waals surface area contributed by atoms with Crippen molar-refractivity contribution in [1.29, 1.82) is 0 Å². The van der Waals surface area contributed by atoms with E-state index in [1.54, 1.807) is 7.05 Å². The molecule has 19 heavy (non-hydrogen) atoms. The van der Waals surface area contributed by atoms with E-state index in [4.69, 9.17) is 0 Å². The third-order valence-corrected chi connectivity index (χ3v) is 3.01. The second kappa shape index (κ2) is 5.36. The Bertz CT molecular complexity index is 697. The first-order valence-corrected chi connectivity index (χ1v) is 6.20. The molecule has 0 saturated heterocycles. The standard InChI is InChI=1S/C13H10BrFN2O2/c1-17-7-9(3-5-12(17)18)16-13(19)10-6-8(14)2-4-11(10)15/h2-7H,1H3,(H,16,19). The number of hydrogen-bond donors (Lipinski definition) is 1. The lowest BCUT2D eigenvalue weighted by Gasteiger charge is -2.07. The van der Waals surface area contributed by atoms with Crippen LogP contribution in [0.25, 0.3) is 0 Å². The van der Waals surface area contributed by atoms with Crippen LogP contribution in [-0.2, 0) is 7.05 Å². The van der Waals surface area contributed by atoms with Crippen LogP contribution in [-0.4, -0.2) is 10.5 Å². The van der Waals surface area contributed by atoms with Crippen LogP contribution in [0.2, 0.25) is 0 Å². The highest BCUT2D eigenvalue weighted by atomic mass is 79.9. The Kier molecular flexibility index (Phi) is 3.80. The van der Waals surface area contributed by atoms with E-state index >= 15 is 0 Å². The minimum absolute atomic E-state index is 0.0665. The first-order chi connectivity index (χ1) is 8.97. The Labute approximate surface area is 117 Å². The normalized spacial score (nSPS) is 10.3. The second-order valence-corrected chi connectivity index (χ2v) is 4.86. The van der Waals surface area contributed by atoms with E-state index in [1.807, 2.05) is 0 Å². The number of pyridine rings is 1. The van der Waals surface area contributed by atoms with Gasteiger partial charge in [-0.15, -0.1) is 0 Å². The molecule has 1 N–H and O–H groups in total. The van der Waals surface area contributed by atoms with Crippen LogP contribution < -0.4 is 10.9 Å². The zero-order chi connectivity index (χ0) is 14.0. The van der Waals surface area contributed by atoms with Gasteiger partial charge in [-0.2, -0.15) is 0 Å². The third kappa shape index (κ3) is 3.08. The van der Waals surface area contributed by atoms with E-state index in [1.165, 1.54) is 41.1 Å². The molecule has 1 aromatic heterocycles. The minimum atomic E-state index is -0.606. The summed E-state index contributed by atoms with van der Waals surface area (Å²) in [6, 6.07) is 6.91. The summed E-state index contributed by atoms with van der Waals surface area (Å²) in [4.78, 5) is 23.1. The van der Waals surface area contributed by atoms with Gasteiger partial charge in [0.25, 0.3) is 5.91 Å². The molecule has 6 heteroatoms. The molecule has 0 aliphatic rings. The lowest BCUT2D eigenvalue weighted by Crippen LogP contribution is -2.18. The third-order valence-electron chi connectivity index (χ3n) is 2.52. The molecule has 1 aromatic carbocycles. The zero-order valence-corrected chi connectivity index (χ0v) is 11.6.